The second kappa shape index (κ2) is 8.30. The second-order valence-electron chi connectivity index (χ2n) is 5.99. The molecule has 2 aromatic heterocycles. The van der Waals surface area contributed by atoms with Crippen molar-refractivity contribution in [3.63, 3.8) is 0 Å². The predicted molar refractivity (Wildman–Crippen MR) is 91.9 cm³/mol. The van der Waals surface area contributed by atoms with Crippen molar-refractivity contribution in [1.29, 1.82) is 0 Å². The summed E-state index contributed by atoms with van der Waals surface area (Å²) in [6.07, 6.45) is 7.16. The molecule has 1 fully saturated rings. The van der Waals surface area contributed by atoms with Gasteiger partial charge in [0, 0.05) is 25.6 Å². The van der Waals surface area contributed by atoms with Gasteiger partial charge in [-0.05, 0) is 48.3 Å². The van der Waals surface area contributed by atoms with Gasteiger partial charge in [-0.2, -0.15) is 0 Å². The van der Waals surface area contributed by atoms with Gasteiger partial charge in [-0.15, -0.1) is 5.10 Å². The van der Waals surface area contributed by atoms with Gasteiger partial charge in [-0.25, -0.2) is 0 Å². The molecule has 1 atom stereocenters. The van der Waals surface area contributed by atoms with Crippen LogP contribution >= 0.6 is 11.5 Å². The van der Waals surface area contributed by atoms with Gasteiger partial charge in [0.05, 0.1) is 11.7 Å². The number of aryl methyl sites for hydroxylation is 1. The van der Waals surface area contributed by atoms with E-state index in [9.17, 15) is 4.79 Å². The summed E-state index contributed by atoms with van der Waals surface area (Å²) in [5, 5.41) is 7.30. The molecule has 24 heavy (non-hydrogen) atoms. The molecule has 1 saturated heterocycles. The zero-order valence-electron chi connectivity index (χ0n) is 13.8. The second-order valence-corrected chi connectivity index (χ2v) is 6.74. The Labute approximate surface area is 145 Å². The van der Waals surface area contributed by atoms with Crippen molar-refractivity contribution in [2.75, 3.05) is 13.2 Å². The fourth-order valence-electron chi connectivity index (χ4n) is 3.07. The summed E-state index contributed by atoms with van der Waals surface area (Å²) in [5.74, 6) is 0.260. The summed E-state index contributed by atoms with van der Waals surface area (Å²) >= 11 is 1.17. The molecule has 0 aromatic carbocycles. The topological polar surface area (TPSA) is 77.0 Å². The lowest BCUT2D eigenvalue weighted by Crippen LogP contribution is -2.36. The maximum Gasteiger partial charge on any atom is 0.265 e. The first kappa shape index (κ1) is 17.0. The minimum Gasteiger partial charge on any atom is -0.381 e. The summed E-state index contributed by atoms with van der Waals surface area (Å²) < 4.78 is 9.42. The number of rotatable bonds is 6. The molecule has 3 rings (SSSR count). The molecule has 6 nitrogen and oxygen atoms in total. The Bertz CT molecular complexity index is 656. The molecule has 0 bridgehead atoms. The van der Waals surface area contributed by atoms with Gasteiger partial charge in [0.25, 0.3) is 5.91 Å². The number of carbonyl (C=O) groups excluding carboxylic acids is 1. The highest BCUT2D eigenvalue weighted by molar-refractivity contribution is 7.08. The third-order valence-corrected chi connectivity index (χ3v) is 5.08. The number of nitrogens with zero attached hydrogens (tertiary/aromatic N) is 3. The monoisotopic (exact) mass is 346 g/mol. The van der Waals surface area contributed by atoms with Gasteiger partial charge >= 0.3 is 0 Å². The quantitative estimate of drug-likeness (QED) is 0.870. The van der Waals surface area contributed by atoms with Crippen LogP contribution in [-0.2, 0) is 11.2 Å². The van der Waals surface area contributed by atoms with Crippen molar-refractivity contribution in [3.05, 3.63) is 40.7 Å². The maximum absolute atomic E-state index is 12.8. The molecule has 1 amide bonds. The first-order valence-electron chi connectivity index (χ1n) is 8.39. The highest BCUT2D eigenvalue weighted by atomic mass is 32.1. The van der Waals surface area contributed by atoms with E-state index >= 15 is 0 Å². The molecule has 7 heteroatoms. The van der Waals surface area contributed by atoms with E-state index in [1.54, 1.807) is 6.20 Å². The normalized spacial score (nSPS) is 16.7. The van der Waals surface area contributed by atoms with Gasteiger partial charge < -0.3 is 10.1 Å². The Morgan fingerprint density at radius 1 is 1.46 bits per heavy atom. The van der Waals surface area contributed by atoms with E-state index in [1.165, 1.54) is 11.5 Å². The Kier molecular flexibility index (Phi) is 5.87. The summed E-state index contributed by atoms with van der Waals surface area (Å²) in [4.78, 5) is 17.6. The SMILES string of the molecule is CCCc1nnsc1C(=O)N[C@H](c1cccnc1)C1CCOCC1. The molecule has 1 aliphatic rings. The predicted octanol–water partition coefficient (Wildman–Crippen LogP) is 2.78. The Morgan fingerprint density at radius 3 is 3.00 bits per heavy atom. The Balaban J connectivity index is 1.80. The third kappa shape index (κ3) is 3.96. The summed E-state index contributed by atoms with van der Waals surface area (Å²) in [6.45, 7) is 3.54. The van der Waals surface area contributed by atoms with Crippen LogP contribution in [0.5, 0.6) is 0 Å². The number of hydrogen-bond donors (Lipinski definition) is 1. The van der Waals surface area contributed by atoms with Crippen molar-refractivity contribution in [2.45, 2.75) is 38.6 Å². The van der Waals surface area contributed by atoms with Gasteiger partial charge in [0.15, 0.2) is 0 Å². The van der Waals surface area contributed by atoms with E-state index in [0.29, 0.717) is 10.8 Å². The van der Waals surface area contributed by atoms with E-state index in [2.05, 4.69) is 26.8 Å². The fourth-order valence-corrected chi connectivity index (χ4v) is 3.68. The zero-order valence-corrected chi connectivity index (χ0v) is 14.6. The lowest BCUT2D eigenvalue weighted by Gasteiger charge is -2.31. The molecule has 0 unspecified atom stereocenters. The van der Waals surface area contributed by atoms with Crippen molar-refractivity contribution >= 4 is 17.4 Å². The molecular formula is C17H22N4O2S. The summed E-state index contributed by atoms with van der Waals surface area (Å²) in [5.41, 5.74) is 1.82. The lowest BCUT2D eigenvalue weighted by molar-refractivity contribution is 0.0514. The van der Waals surface area contributed by atoms with Crippen LogP contribution in [0.3, 0.4) is 0 Å². The minimum atomic E-state index is -0.0891. The third-order valence-electron chi connectivity index (χ3n) is 4.32. The van der Waals surface area contributed by atoms with Crippen LogP contribution in [0.4, 0.5) is 0 Å². The van der Waals surface area contributed by atoms with Crippen molar-refractivity contribution in [3.8, 4) is 0 Å². The standard InChI is InChI=1S/C17H22N4O2S/c1-2-4-14-16(24-21-20-14)17(22)19-15(12-6-9-23-10-7-12)13-5-3-8-18-11-13/h3,5,8,11-12,15H,2,4,6-7,9-10H2,1H3,(H,19,22)/t15-/m0/s1. The molecule has 1 N–H and O–H groups in total. The van der Waals surface area contributed by atoms with Crippen LogP contribution in [0.1, 0.15) is 53.2 Å². The highest BCUT2D eigenvalue weighted by Gasteiger charge is 2.28. The van der Waals surface area contributed by atoms with Gasteiger partial charge in [-0.1, -0.05) is 23.9 Å². The van der Waals surface area contributed by atoms with E-state index in [-0.39, 0.29) is 11.9 Å². The fraction of sp³-hybridized carbons (Fsp3) is 0.529. The van der Waals surface area contributed by atoms with Gasteiger partial charge in [0.1, 0.15) is 4.88 Å². The Morgan fingerprint density at radius 2 is 2.29 bits per heavy atom. The molecule has 1 aliphatic heterocycles. The number of pyridine rings is 1. The van der Waals surface area contributed by atoms with Crippen LogP contribution in [0, 0.1) is 5.92 Å². The van der Waals surface area contributed by atoms with Crippen LogP contribution in [0.2, 0.25) is 0 Å². The average Bonchev–Trinajstić information content (AvgIpc) is 3.10. The first-order valence-corrected chi connectivity index (χ1v) is 9.16. The maximum atomic E-state index is 12.8. The molecule has 3 heterocycles. The van der Waals surface area contributed by atoms with Crippen molar-refractivity contribution in [2.24, 2.45) is 5.92 Å². The highest BCUT2D eigenvalue weighted by Crippen LogP contribution is 2.30. The molecular weight excluding hydrogens is 324 g/mol. The molecule has 0 aliphatic carbocycles. The Hall–Kier alpha value is -1.86. The van der Waals surface area contributed by atoms with Crippen LogP contribution in [-0.4, -0.2) is 33.7 Å². The summed E-state index contributed by atoms with van der Waals surface area (Å²) in [7, 11) is 0. The van der Waals surface area contributed by atoms with E-state index in [4.69, 9.17) is 4.74 Å². The number of ether oxygens (including phenoxy) is 1. The number of amides is 1. The molecule has 128 valence electrons. The van der Waals surface area contributed by atoms with Crippen molar-refractivity contribution < 1.29 is 9.53 Å². The number of nitrogens with one attached hydrogen (secondary N) is 1. The lowest BCUT2D eigenvalue weighted by atomic mass is 9.87. The van der Waals surface area contributed by atoms with E-state index < -0.39 is 0 Å². The number of aromatic nitrogens is 3. The van der Waals surface area contributed by atoms with Crippen LogP contribution in [0.25, 0.3) is 0 Å². The average molecular weight is 346 g/mol. The zero-order chi connectivity index (χ0) is 16.8. The molecule has 0 spiro atoms. The minimum absolute atomic E-state index is 0.0633. The molecule has 2 aromatic rings. The van der Waals surface area contributed by atoms with Crippen LogP contribution in [0.15, 0.2) is 24.5 Å². The number of carbonyl (C=O) groups is 1. The van der Waals surface area contributed by atoms with Crippen LogP contribution < -0.4 is 5.32 Å². The summed E-state index contributed by atoms with van der Waals surface area (Å²) in [6, 6.07) is 3.86. The van der Waals surface area contributed by atoms with Gasteiger partial charge in [0.2, 0.25) is 0 Å². The molecule has 0 saturated carbocycles. The largest absolute Gasteiger partial charge is 0.381 e. The van der Waals surface area contributed by atoms with E-state index in [0.717, 1.165) is 50.2 Å². The van der Waals surface area contributed by atoms with Gasteiger partial charge in [-0.3, -0.25) is 9.78 Å². The smallest absolute Gasteiger partial charge is 0.265 e. The first-order chi connectivity index (χ1) is 11.8. The number of hydrogen-bond acceptors (Lipinski definition) is 6. The van der Waals surface area contributed by atoms with Crippen molar-refractivity contribution in [1.82, 2.24) is 19.9 Å². The molecule has 0 radical (unpaired) electrons. The van der Waals surface area contributed by atoms with E-state index in [1.807, 2.05) is 18.3 Å².